The molecule has 1 aromatic carbocycles. The summed E-state index contributed by atoms with van der Waals surface area (Å²) in [5, 5.41) is 9.21. The molecule has 0 radical (unpaired) electrons. The van der Waals surface area contributed by atoms with E-state index < -0.39 is 12.0 Å². The van der Waals surface area contributed by atoms with Crippen molar-refractivity contribution in [2.24, 2.45) is 5.73 Å². The number of ether oxygens (including phenoxy) is 1. The molecule has 0 aliphatic heterocycles. The van der Waals surface area contributed by atoms with Crippen molar-refractivity contribution >= 4 is 23.6 Å². The molecule has 98 valence electrons. The number of methoxy groups -OCH3 is 1. The Labute approximate surface area is 111 Å². The van der Waals surface area contributed by atoms with Crippen molar-refractivity contribution in [1.29, 1.82) is 0 Å². The molecule has 0 heterocycles. The van der Waals surface area contributed by atoms with Crippen molar-refractivity contribution in [2.45, 2.75) is 18.9 Å². The van der Waals surface area contributed by atoms with Crippen LogP contribution in [0.5, 0.6) is 5.75 Å². The first kappa shape index (κ1) is 14.5. The number of carboxylic acid groups (broad SMARTS) is 1. The van der Waals surface area contributed by atoms with Crippen LogP contribution in [0.4, 0.5) is 0 Å². The minimum Gasteiger partial charge on any atom is -0.497 e. The molecule has 0 spiro atoms. The predicted molar refractivity (Wildman–Crippen MR) is 71.9 cm³/mol. The first-order valence-corrected chi connectivity index (χ1v) is 5.91. The minimum atomic E-state index is -0.981. The van der Waals surface area contributed by atoms with E-state index in [0.717, 1.165) is 5.56 Å². The zero-order valence-corrected chi connectivity index (χ0v) is 10.9. The average Bonchev–Trinajstić information content (AvgIpc) is 2.35. The number of benzene rings is 1. The van der Waals surface area contributed by atoms with Crippen LogP contribution in [-0.2, 0) is 4.79 Å². The number of hydrogen-bond acceptors (Lipinski definition) is 3. The van der Waals surface area contributed by atoms with Crippen LogP contribution < -0.4 is 10.5 Å². The van der Waals surface area contributed by atoms with Crippen molar-refractivity contribution in [1.82, 2.24) is 0 Å². The first-order chi connectivity index (χ1) is 8.54. The summed E-state index contributed by atoms with van der Waals surface area (Å²) in [5.74, 6) is -0.282. The smallest absolute Gasteiger partial charge is 0.320 e. The lowest BCUT2D eigenvalue weighted by atomic mass is 10.1. The molecule has 0 aliphatic carbocycles. The third-order valence-electron chi connectivity index (χ3n) is 2.47. The molecule has 1 unspecified atom stereocenters. The molecule has 0 amide bonds. The summed E-state index contributed by atoms with van der Waals surface area (Å²) in [6.07, 6.45) is 4.70. The van der Waals surface area contributed by atoms with E-state index in [-0.39, 0.29) is 0 Å². The Kier molecular flexibility index (Phi) is 5.68. The van der Waals surface area contributed by atoms with Crippen molar-refractivity contribution in [3.8, 4) is 5.75 Å². The number of carbonyl (C=O) groups is 1. The maximum absolute atomic E-state index is 10.5. The number of aliphatic carboxylic acids is 1. The SMILES string of the molecule is COc1ccc(/C=C/CCC(N)C(=O)O)c(Cl)c1. The molecule has 0 saturated heterocycles. The van der Waals surface area contributed by atoms with Crippen LogP contribution in [0.3, 0.4) is 0 Å². The summed E-state index contributed by atoms with van der Waals surface area (Å²) >= 11 is 6.05. The lowest BCUT2D eigenvalue weighted by molar-refractivity contribution is -0.138. The highest BCUT2D eigenvalue weighted by molar-refractivity contribution is 6.32. The first-order valence-electron chi connectivity index (χ1n) is 5.53. The molecule has 0 bridgehead atoms. The van der Waals surface area contributed by atoms with Crippen LogP contribution in [0.2, 0.25) is 5.02 Å². The fourth-order valence-corrected chi connectivity index (χ4v) is 1.61. The number of carboxylic acids is 1. The Hall–Kier alpha value is -1.52. The lowest BCUT2D eigenvalue weighted by Gasteiger charge is -2.04. The van der Waals surface area contributed by atoms with Gasteiger partial charge >= 0.3 is 5.97 Å². The van der Waals surface area contributed by atoms with Crippen molar-refractivity contribution < 1.29 is 14.6 Å². The summed E-state index contributed by atoms with van der Waals surface area (Å²) < 4.78 is 5.04. The molecular weight excluding hydrogens is 254 g/mol. The van der Waals surface area contributed by atoms with Crippen molar-refractivity contribution in [3.05, 3.63) is 34.9 Å². The zero-order chi connectivity index (χ0) is 13.5. The van der Waals surface area contributed by atoms with Gasteiger partial charge in [0.15, 0.2) is 0 Å². The summed E-state index contributed by atoms with van der Waals surface area (Å²) in [6, 6.07) is 4.56. The standard InChI is InChI=1S/C13H16ClNO3/c1-18-10-7-6-9(11(14)8-10)4-2-3-5-12(15)13(16)17/h2,4,6-8,12H,3,5,15H2,1H3,(H,16,17)/b4-2+. The average molecular weight is 270 g/mol. The molecule has 18 heavy (non-hydrogen) atoms. The van der Waals surface area contributed by atoms with Gasteiger partial charge < -0.3 is 15.6 Å². The fraction of sp³-hybridized carbons (Fsp3) is 0.308. The Balaban J connectivity index is 2.54. The van der Waals surface area contributed by atoms with Gasteiger partial charge in [-0.2, -0.15) is 0 Å². The van der Waals surface area contributed by atoms with Crippen LogP contribution in [0.15, 0.2) is 24.3 Å². The molecule has 0 saturated carbocycles. The third kappa shape index (κ3) is 4.39. The molecule has 0 aliphatic rings. The number of rotatable bonds is 6. The zero-order valence-electron chi connectivity index (χ0n) is 10.1. The molecule has 0 aromatic heterocycles. The molecule has 5 heteroatoms. The van der Waals surface area contributed by atoms with Crippen LogP contribution >= 0.6 is 11.6 Å². The van der Waals surface area contributed by atoms with Gasteiger partial charge in [-0.05, 0) is 36.6 Å². The topological polar surface area (TPSA) is 72.5 Å². The quantitative estimate of drug-likeness (QED) is 0.832. The monoisotopic (exact) mass is 269 g/mol. The van der Waals surface area contributed by atoms with Gasteiger partial charge in [0.25, 0.3) is 0 Å². The van der Waals surface area contributed by atoms with Gasteiger partial charge in [0.1, 0.15) is 11.8 Å². The maximum Gasteiger partial charge on any atom is 0.320 e. The van der Waals surface area contributed by atoms with Gasteiger partial charge in [0.05, 0.1) is 12.1 Å². The van der Waals surface area contributed by atoms with Gasteiger partial charge in [-0.1, -0.05) is 23.8 Å². The number of nitrogens with two attached hydrogens (primary N) is 1. The number of allylic oxidation sites excluding steroid dienone is 1. The molecule has 1 rings (SSSR count). The van der Waals surface area contributed by atoms with Crippen LogP contribution in [-0.4, -0.2) is 24.2 Å². The highest BCUT2D eigenvalue weighted by Crippen LogP contribution is 2.23. The summed E-state index contributed by atoms with van der Waals surface area (Å²) in [4.78, 5) is 10.5. The summed E-state index contributed by atoms with van der Waals surface area (Å²) in [7, 11) is 1.58. The van der Waals surface area contributed by atoms with E-state index >= 15 is 0 Å². The van der Waals surface area contributed by atoms with Crippen LogP contribution in [0, 0.1) is 0 Å². The highest BCUT2D eigenvalue weighted by atomic mass is 35.5. The Morgan fingerprint density at radius 2 is 2.33 bits per heavy atom. The van der Waals surface area contributed by atoms with Crippen molar-refractivity contribution in [2.75, 3.05) is 7.11 Å². The van der Waals surface area contributed by atoms with Crippen molar-refractivity contribution in [3.63, 3.8) is 0 Å². The Bertz CT molecular complexity index is 446. The Morgan fingerprint density at radius 1 is 1.61 bits per heavy atom. The molecule has 3 N–H and O–H groups in total. The highest BCUT2D eigenvalue weighted by Gasteiger charge is 2.08. The van der Waals surface area contributed by atoms with E-state index in [1.54, 1.807) is 13.2 Å². The van der Waals surface area contributed by atoms with Crippen LogP contribution in [0.25, 0.3) is 6.08 Å². The van der Waals surface area contributed by atoms with E-state index in [1.807, 2.05) is 24.3 Å². The van der Waals surface area contributed by atoms with E-state index in [2.05, 4.69) is 0 Å². The molecule has 0 fully saturated rings. The Morgan fingerprint density at radius 3 is 2.89 bits per heavy atom. The van der Waals surface area contributed by atoms with Gasteiger partial charge in [-0.25, -0.2) is 0 Å². The van der Waals surface area contributed by atoms with Gasteiger partial charge in [0, 0.05) is 0 Å². The minimum absolute atomic E-state index is 0.402. The second-order valence-electron chi connectivity index (χ2n) is 3.81. The van der Waals surface area contributed by atoms with Crippen LogP contribution in [0.1, 0.15) is 18.4 Å². The predicted octanol–water partition coefficient (Wildman–Crippen LogP) is 2.55. The summed E-state index contributed by atoms with van der Waals surface area (Å²) in [5.41, 5.74) is 6.25. The summed E-state index contributed by atoms with van der Waals surface area (Å²) in [6.45, 7) is 0. The van der Waals surface area contributed by atoms with E-state index in [0.29, 0.717) is 23.6 Å². The maximum atomic E-state index is 10.5. The number of hydrogen-bond donors (Lipinski definition) is 2. The van der Waals surface area contributed by atoms with E-state index in [1.165, 1.54) is 0 Å². The normalized spacial score (nSPS) is 12.6. The molecular formula is C13H16ClNO3. The van der Waals surface area contributed by atoms with Gasteiger partial charge in [0.2, 0.25) is 0 Å². The molecule has 1 atom stereocenters. The van der Waals surface area contributed by atoms with Gasteiger partial charge in [-0.3, -0.25) is 4.79 Å². The molecule has 1 aromatic rings. The number of halogens is 1. The second-order valence-corrected chi connectivity index (χ2v) is 4.22. The molecule has 4 nitrogen and oxygen atoms in total. The third-order valence-corrected chi connectivity index (χ3v) is 2.79. The fourth-order valence-electron chi connectivity index (χ4n) is 1.38. The van der Waals surface area contributed by atoms with E-state index in [4.69, 9.17) is 27.2 Å². The van der Waals surface area contributed by atoms with Gasteiger partial charge in [-0.15, -0.1) is 0 Å². The lowest BCUT2D eigenvalue weighted by Crippen LogP contribution is -2.29. The van der Waals surface area contributed by atoms with E-state index in [9.17, 15) is 4.79 Å². The largest absolute Gasteiger partial charge is 0.497 e. The second kappa shape index (κ2) is 7.03.